The number of esters is 1. The summed E-state index contributed by atoms with van der Waals surface area (Å²) in [5, 5.41) is 11.3. The van der Waals surface area contributed by atoms with E-state index in [0.29, 0.717) is 16.1 Å². The van der Waals surface area contributed by atoms with E-state index in [1.807, 2.05) is 30.3 Å². The predicted octanol–water partition coefficient (Wildman–Crippen LogP) is 5.69. The third-order valence-electron chi connectivity index (χ3n) is 6.23. The fourth-order valence-corrected chi connectivity index (χ4v) is 4.74. The monoisotopic (exact) mass is 472 g/mol. The average Bonchev–Trinajstić information content (AvgIpc) is 2.84. The first-order valence-electron chi connectivity index (χ1n) is 10.7. The number of aromatic hydroxyl groups is 1. The number of phenolic OH excluding ortho intramolecular Hbond substituents is 1. The molecule has 1 atom stereocenters. The van der Waals surface area contributed by atoms with Crippen LogP contribution < -0.4 is 14.9 Å². The molecule has 1 aromatic heterocycles. The first-order chi connectivity index (χ1) is 16.5. The molecule has 0 bridgehead atoms. The van der Waals surface area contributed by atoms with Gasteiger partial charge in [0.05, 0.1) is 12.0 Å². The zero-order valence-electron chi connectivity index (χ0n) is 17.7. The van der Waals surface area contributed by atoms with Gasteiger partial charge in [0.25, 0.3) is 0 Å². The van der Waals surface area contributed by atoms with Gasteiger partial charge >= 0.3 is 5.97 Å². The minimum atomic E-state index is -0.434. The van der Waals surface area contributed by atoms with Crippen LogP contribution in [0.5, 0.6) is 17.2 Å². The summed E-state index contributed by atoms with van der Waals surface area (Å²) in [6.45, 7) is 0.282. The van der Waals surface area contributed by atoms with Gasteiger partial charge in [-0.15, -0.1) is 0 Å². The topological polar surface area (TPSA) is 86.0 Å². The van der Waals surface area contributed by atoms with Gasteiger partial charge in [-0.05, 0) is 35.4 Å². The lowest BCUT2D eigenvalue weighted by Gasteiger charge is -2.29. The summed E-state index contributed by atoms with van der Waals surface area (Å²) in [5.74, 6) is -0.243. The number of phenols is 1. The highest BCUT2D eigenvalue weighted by Gasteiger charge is 2.35. The lowest BCUT2D eigenvalue weighted by Crippen LogP contribution is -2.25. The number of para-hydroxylation sites is 1. The van der Waals surface area contributed by atoms with Gasteiger partial charge in [0, 0.05) is 28.1 Å². The van der Waals surface area contributed by atoms with Gasteiger partial charge in [-0.1, -0.05) is 41.9 Å². The molecule has 0 saturated heterocycles. The molecule has 6 nitrogen and oxygen atoms in total. The van der Waals surface area contributed by atoms with Crippen LogP contribution in [0.1, 0.15) is 23.5 Å². The molecule has 4 aromatic rings. The van der Waals surface area contributed by atoms with Crippen molar-refractivity contribution >= 4 is 34.6 Å². The first kappa shape index (κ1) is 20.6. The third-order valence-corrected chi connectivity index (χ3v) is 6.48. The molecule has 1 N–H and O–H groups in total. The summed E-state index contributed by atoms with van der Waals surface area (Å²) < 4.78 is 17.3. The Bertz CT molecular complexity index is 1570. The Morgan fingerprint density at radius 1 is 1.00 bits per heavy atom. The molecule has 0 saturated carbocycles. The SMILES string of the molecule is O=C1C[C@H](C2=Cc3ccccc3OC2)c2c(cc(O)c3c(=O)c(-c4ccc(Cl)cc4)coc23)O1. The number of hydrogen-bond acceptors (Lipinski definition) is 6. The molecule has 3 aromatic carbocycles. The zero-order chi connectivity index (χ0) is 23.4. The summed E-state index contributed by atoms with van der Waals surface area (Å²) in [4.78, 5) is 25.9. The van der Waals surface area contributed by atoms with Crippen molar-refractivity contribution in [2.45, 2.75) is 12.3 Å². The second kappa shape index (κ2) is 7.78. The minimum absolute atomic E-state index is 0.0341. The number of halogens is 1. The second-order valence-electron chi connectivity index (χ2n) is 8.27. The Morgan fingerprint density at radius 3 is 2.62 bits per heavy atom. The molecule has 0 fully saturated rings. The van der Waals surface area contributed by atoms with Gasteiger partial charge in [0.2, 0.25) is 5.43 Å². The van der Waals surface area contributed by atoms with E-state index in [1.54, 1.807) is 24.3 Å². The molecular formula is C27H17ClO6. The minimum Gasteiger partial charge on any atom is -0.507 e. The molecule has 3 heterocycles. The number of rotatable bonds is 2. The van der Waals surface area contributed by atoms with Crippen molar-refractivity contribution in [2.24, 2.45) is 0 Å². The van der Waals surface area contributed by atoms with Gasteiger partial charge in [0.15, 0.2) is 0 Å². The highest BCUT2D eigenvalue weighted by molar-refractivity contribution is 6.30. The fourth-order valence-electron chi connectivity index (χ4n) is 4.61. The van der Waals surface area contributed by atoms with Gasteiger partial charge in [-0.3, -0.25) is 9.59 Å². The Labute approximate surface area is 198 Å². The Kier molecular flexibility index (Phi) is 4.71. The number of carbonyl (C=O) groups excluding carboxylic acids is 1. The van der Waals surface area contributed by atoms with E-state index in [9.17, 15) is 14.7 Å². The van der Waals surface area contributed by atoms with Crippen LogP contribution in [0, 0.1) is 0 Å². The van der Waals surface area contributed by atoms with Crippen molar-refractivity contribution < 1.29 is 23.8 Å². The molecule has 7 heteroatoms. The number of fused-ring (bicyclic) bond motifs is 4. The van der Waals surface area contributed by atoms with Crippen LogP contribution in [0.25, 0.3) is 28.2 Å². The van der Waals surface area contributed by atoms with E-state index in [-0.39, 0.29) is 41.1 Å². The molecule has 34 heavy (non-hydrogen) atoms. The van der Waals surface area contributed by atoms with Crippen molar-refractivity contribution in [3.63, 3.8) is 0 Å². The fraction of sp³-hybridized carbons (Fsp3) is 0.111. The van der Waals surface area contributed by atoms with Gasteiger partial charge in [-0.2, -0.15) is 0 Å². The maximum Gasteiger partial charge on any atom is 0.312 e. The van der Waals surface area contributed by atoms with Crippen LogP contribution >= 0.6 is 11.6 Å². The third kappa shape index (κ3) is 3.26. The van der Waals surface area contributed by atoms with Crippen LogP contribution in [-0.4, -0.2) is 17.7 Å². The predicted molar refractivity (Wildman–Crippen MR) is 128 cm³/mol. The highest BCUT2D eigenvalue weighted by atomic mass is 35.5. The molecule has 0 aliphatic carbocycles. The smallest absolute Gasteiger partial charge is 0.312 e. The van der Waals surface area contributed by atoms with Crippen molar-refractivity contribution in [3.8, 4) is 28.4 Å². The molecule has 0 unspecified atom stereocenters. The van der Waals surface area contributed by atoms with Crippen molar-refractivity contribution in [2.75, 3.05) is 6.61 Å². The number of hydrogen-bond donors (Lipinski definition) is 1. The van der Waals surface area contributed by atoms with Crippen LogP contribution in [0.3, 0.4) is 0 Å². The Balaban J connectivity index is 1.56. The first-order valence-corrected chi connectivity index (χ1v) is 11.1. The van der Waals surface area contributed by atoms with E-state index in [2.05, 4.69) is 0 Å². The molecule has 0 spiro atoms. The van der Waals surface area contributed by atoms with Gasteiger partial charge < -0.3 is 19.0 Å². The number of carbonyl (C=O) groups is 1. The van der Waals surface area contributed by atoms with Crippen molar-refractivity contribution in [1.29, 1.82) is 0 Å². The summed E-state index contributed by atoms with van der Waals surface area (Å²) in [6.07, 6.45) is 3.42. The van der Waals surface area contributed by atoms with Crippen molar-refractivity contribution in [3.05, 3.63) is 92.8 Å². The Hall–Kier alpha value is -4.03. The van der Waals surface area contributed by atoms with Crippen LogP contribution in [-0.2, 0) is 4.79 Å². The van der Waals surface area contributed by atoms with Gasteiger partial charge in [-0.25, -0.2) is 0 Å². The largest absolute Gasteiger partial charge is 0.507 e. The number of ether oxygens (including phenoxy) is 2. The molecular weight excluding hydrogens is 456 g/mol. The normalized spacial score (nSPS) is 16.8. The average molecular weight is 473 g/mol. The second-order valence-corrected chi connectivity index (χ2v) is 8.71. The quantitative estimate of drug-likeness (QED) is 0.298. The van der Waals surface area contributed by atoms with E-state index in [4.69, 9.17) is 25.5 Å². The zero-order valence-corrected chi connectivity index (χ0v) is 18.5. The molecule has 2 aliphatic heterocycles. The lowest BCUT2D eigenvalue weighted by molar-refractivity contribution is -0.135. The maximum atomic E-state index is 13.4. The van der Waals surface area contributed by atoms with E-state index >= 15 is 0 Å². The number of benzene rings is 3. The summed E-state index contributed by atoms with van der Waals surface area (Å²) in [7, 11) is 0. The standard InChI is InChI=1S/C27H17ClO6/c28-17-7-5-14(6-8-17)19-13-33-27-24-18(16-9-15-3-1-2-4-21(15)32-12-16)10-23(30)34-22(24)11-20(29)25(27)26(19)31/h1-9,11,13,18,29H,10,12H2/t18-/m1/s1. The summed E-state index contributed by atoms with van der Waals surface area (Å²) in [6, 6.07) is 15.7. The molecule has 0 amide bonds. The van der Waals surface area contributed by atoms with Crippen LogP contribution in [0.4, 0.5) is 0 Å². The molecule has 2 aliphatic rings. The van der Waals surface area contributed by atoms with Crippen molar-refractivity contribution in [1.82, 2.24) is 0 Å². The summed E-state index contributed by atoms with van der Waals surface area (Å²) in [5.41, 5.74) is 3.00. The maximum absolute atomic E-state index is 13.4. The van der Waals surface area contributed by atoms with E-state index < -0.39 is 17.3 Å². The van der Waals surface area contributed by atoms with Crippen LogP contribution in [0.2, 0.25) is 5.02 Å². The van der Waals surface area contributed by atoms with Gasteiger partial charge in [0.1, 0.15) is 41.1 Å². The van der Waals surface area contributed by atoms with Crippen LogP contribution in [0.15, 0.2) is 75.6 Å². The van der Waals surface area contributed by atoms with E-state index in [0.717, 1.165) is 16.9 Å². The van der Waals surface area contributed by atoms with E-state index in [1.165, 1.54) is 12.3 Å². The molecule has 6 rings (SSSR count). The lowest BCUT2D eigenvalue weighted by atomic mass is 9.83. The molecule has 0 radical (unpaired) electrons. The molecule has 168 valence electrons. The Morgan fingerprint density at radius 2 is 1.79 bits per heavy atom. The summed E-state index contributed by atoms with van der Waals surface area (Å²) >= 11 is 5.97. The highest BCUT2D eigenvalue weighted by Crippen LogP contribution is 2.47.